The molecule has 8 nitrogen and oxygen atoms in total. The van der Waals surface area contributed by atoms with Crippen molar-refractivity contribution in [1.29, 1.82) is 0 Å². The molecule has 0 fully saturated rings. The first-order valence-corrected chi connectivity index (χ1v) is 10.9. The fourth-order valence-electron chi connectivity index (χ4n) is 3.08. The Labute approximate surface area is 174 Å². The lowest BCUT2D eigenvalue weighted by molar-refractivity contribution is 0.534. The molecule has 3 N–H and O–H groups in total. The minimum absolute atomic E-state index is 0.0283. The Morgan fingerprint density at radius 1 is 1.32 bits per heavy atom. The number of aromatic nitrogens is 3. The molecule has 2 aromatic rings. The number of aryl methyl sites for hydroxylation is 1. The van der Waals surface area contributed by atoms with Gasteiger partial charge in [0.1, 0.15) is 4.90 Å². The highest BCUT2D eigenvalue weighted by atomic mass is 35.5. The first-order chi connectivity index (χ1) is 13.1. The predicted molar refractivity (Wildman–Crippen MR) is 113 cm³/mol. The number of hydrogen-bond acceptors (Lipinski definition) is 8. The van der Waals surface area contributed by atoms with E-state index >= 15 is 0 Å². The van der Waals surface area contributed by atoms with E-state index in [2.05, 4.69) is 46.2 Å². The summed E-state index contributed by atoms with van der Waals surface area (Å²) in [6, 6.07) is 3.08. The summed E-state index contributed by atoms with van der Waals surface area (Å²) in [5, 5.41) is 0.427. The summed E-state index contributed by atoms with van der Waals surface area (Å²) < 4.78 is 28.0. The van der Waals surface area contributed by atoms with Gasteiger partial charge in [0.15, 0.2) is 0 Å². The minimum Gasteiger partial charge on any atom is -0.368 e. The van der Waals surface area contributed by atoms with E-state index in [1.165, 1.54) is 12.1 Å². The van der Waals surface area contributed by atoms with Gasteiger partial charge < -0.3 is 10.6 Å². The molecule has 0 saturated heterocycles. The number of nitrogens with zero attached hydrogens (tertiary/aromatic N) is 4. The molecule has 0 aliphatic carbocycles. The van der Waals surface area contributed by atoms with E-state index in [1.807, 2.05) is 17.2 Å². The van der Waals surface area contributed by atoms with E-state index in [0.29, 0.717) is 16.5 Å². The number of thiol groups is 1. The molecule has 2 atom stereocenters. The Morgan fingerprint density at radius 2 is 2.04 bits per heavy atom. The molecule has 0 bridgehead atoms. The van der Waals surface area contributed by atoms with Crippen LogP contribution in [0.15, 0.2) is 34.2 Å². The smallest absolute Gasteiger partial charge is 0.265 e. The zero-order valence-corrected chi connectivity index (χ0v) is 18.1. The standard InChI is InChI=1S/C17H21ClN6O2S2/c1-4-12-9(2)5-6-24(12)17-21-15(19)20-16(22-17)23-28(25,26)14-7-10(3)11(18)8-13(14)27/h5-9,12,27H,4H2,1-3H3,(H3,19,20,21,22,23). The van der Waals surface area contributed by atoms with E-state index in [9.17, 15) is 8.42 Å². The second-order valence-corrected chi connectivity index (χ2v) is 9.12. The molecule has 1 aliphatic heterocycles. The van der Waals surface area contributed by atoms with Gasteiger partial charge in [0.25, 0.3) is 10.0 Å². The third-order valence-electron chi connectivity index (χ3n) is 4.56. The van der Waals surface area contributed by atoms with Gasteiger partial charge in [0, 0.05) is 22.2 Å². The zero-order valence-electron chi connectivity index (χ0n) is 15.6. The van der Waals surface area contributed by atoms with Gasteiger partial charge >= 0.3 is 0 Å². The summed E-state index contributed by atoms with van der Waals surface area (Å²) >= 11 is 10.2. The highest BCUT2D eigenvalue weighted by molar-refractivity contribution is 7.93. The molecule has 28 heavy (non-hydrogen) atoms. The van der Waals surface area contributed by atoms with Gasteiger partial charge in [-0.15, -0.1) is 12.6 Å². The maximum absolute atomic E-state index is 12.8. The van der Waals surface area contributed by atoms with Crippen LogP contribution in [-0.4, -0.2) is 29.4 Å². The van der Waals surface area contributed by atoms with E-state index in [0.717, 1.165) is 6.42 Å². The largest absolute Gasteiger partial charge is 0.368 e. The molecule has 3 rings (SSSR count). The number of nitrogens with one attached hydrogen (secondary N) is 1. The summed E-state index contributed by atoms with van der Waals surface area (Å²) in [5.41, 5.74) is 6.41. The molecule has 11 heteroatoms. The second kappa shape index (κ2) is 7.76. The van der Waals surface area contributed by atoms with Crippen LogP contribution in [0, 0.1) is 12.8 Å². The lowest BCUT2D eigenvalue weighted by atomic mass is 10.0. The normalized spacial score (nSPS) is 19.2. The fourth-order valence-corrected chi connectivity index (χ4v) is 4.98. The van der Waals surface area contributed by atoms with Crippen molar-refractivity contribution in [3.05, 3.63) is 35.0 Å². The summed E-state index contributed by atoms with van der Waals surface area (Å²) in [7, 11) is -4.00. The summed E-state index contributed by atoms with van der Waals surface area (Å²) in [6.45, 7) is 5.86. The molecule has 1 aromatic heterocycles. The van der Waals surface area contributed by atoms with Crippen LogP contribution in [0.1, 0.15) is 25.8 Å². The van der Waals surface area contributed by atoms with Crippen LogP contribution < -0.4 is 15.4 Å². The first kappa shape index (κ1) is 20.7. The molecule has 150 valence electrons. The molecule has 1 aromatic carbocycles. The van der Waals surface area contributed by atoms with Crippen LogP contribution in [-0.2, 0) is 10.0 Å². The number of rotatable bonds is 5. The van der Waals surface area contributed by atoms with E-state index in [-0.39, 0.29) is 33.7 Å². The van der Waals surface area contributed by atoms with E-state index in [4.69, 9.17) is 17.3 Å². The lowest BCUT2D eigenvalue weighted by Gasteiger charge is -2.25. The number of hydrogen-bond donors (Lipinski definition) is 3. The Bertz CT molecular complexity index is 1040. The quantitative estimate of drug-likeness (QED) is 0.611. The van der Waals surface area contributed by atoms with Gasteiger partial charge in [0.2, 0.25) is 17.8 Å². The van der Waals surface area contributed by atoms with Crippen LogP contribution in [0.4, 0.5) is 17.8 Å². The monoisotopic (exact) mass is 440 g/mol. The van der Waals surface area contributed by atoms with Gasteiger partial charge in [0.05, 0.1) is 0 Å². The number of nitrogen functional groups attached to an aromatic ring is 1. The van der Waals surface area contributed by atoms with Crippen molar-refractivity contribution in [3.63, 3.8) is 0 Å². The highest BCUT2D eigenvalue weighted by Gasteiger charge is 2.28. The average Bonchev–Trinajstić information content (AvgIpc) is 2.97. The van der Waals surface area contributed by atoms with Gasteiger partial charge in [-0.25, -0.2) is 13.1 Å². The molecule has 2 unspecified atom stereocenters. The van der Waals surface area contributed by atoms with Crippen LogP contribution in [0.5, 0.6) is 0 Å². The van der Waals surface area contributed by atoms with Gasteiger partial charge in [-0.1, -0.05) is 31.5 Å². The highest BCUT2D eigenvalue weighted by Crippen LogP contribution is 2.30. The molecule has 1 aliphatic rings. The molecule has 0 spiro atoms. The maximum atomic E-state index is 12.8. The summed E-state index contributed by atoms with van der Waals surface area (Å²) in [5.74, 6) is 0.359. The van der Waals surface area contributed by atoms with Crippen molar-refractivity contribution in [2.75, 3.05) is 15.4 Å². The first-order valence-electron chi connectivity index (χ1n) is 8.62. The van der Waals surface area contributed by atoms with E-state index in [1.54, 1.807) is 6.92 Å². The molecular formula is C17H21ClN6O2S2. The molecule has 0 saturated carbocycles. The number of nitrogens with two attached hydrogens (primary N) is 1. The van der Waals surface area contributed by atoms with Gasteiger partial charge in [-0.05, 0) is 37.0 Å². The number of sulfonamides is 1. The van der Waals surface area contributed by atoms with Crippen molar-refractivity contribution >= 4 is 52.1 Å². The van der Waals surface area contributed by atoms with Crippen molar-refractivity contribution in [3.8, 4) is 0 Å². The lowest BCUT2D eigenvalue weighted by Crippen LogP contribution is -2.32. The van der Waals surface area contributed by atoms with Crippen molar-refractivity contribution < 1.29 is 8.42 Å². The minimum atomic E-state index is -4.00. The van der Waals surface area contributed by atoms with Crippen LogP contribution >= 0.6 is 24.2 Å². The van der Waals surface area contributed by atoms with Crippen LogP contribution in [0.25, 0.3) is 0 Å². The average molecular weight is 441 g/mol. The number of halogens is 1. The maximum Gasteiger partial charge on any atom is 0.265 e. The third-order valence-corrected chi connectivity index (χ3v) is 6.86. The zero-order chi connectivity index (χ0) is 20.6. The Balaban J connectivity index is 1.96. The molecule has 0 radical (unpaired) electrons. The Kier molecular flexibility index (Phi) is 5.74. The second-order valence-electron chi connectivity index (χ2n) is 6.58. The van der Waals surface area contributed by atoms with Crippen LogP contribution in [0.3, 0.4) is 0 Å². The Morgan fingerprint density at radius 3 is 2.71 bits per heavy atom. The summed E-state index contributed by atoms with van der Waals surface area (Å²) in [6.07, 6.45) is 4.79. The third kappa shape index (κ3) is 4.03. The molecular weight excluding hydrogens is 420 g/mol. The van der Waals surface area contributed by atoms with Crippen molar-refractivity contribution in [2.45, 2.75) is 43.0 Å². The van der Waals surface area contributed by atoms with Gasteiger partial charge in [-0.2, -0.15) is 15.0 Å². The number of anilines is 3. The summed E-state index contributed by atoms with van der Waals surface area (Å²) in [4.78, 5) is 14.4. The fraction of sp³-hybridized carbons (Fsp3) is 0.353. The topological polar surface area (TPSA) is 114 Å². The predicted octanol–water partition coefficient (Wildman–Crippen LogP) is 3.25. The van der Waals surface area contributed by atoms with Crippen molar-refractivity contribution in [1.82, 2.24) is 15.0 Å². The molecule has 2 heterocycles. The van der Waals surface area contributed by atoms with Crippen LogP contribution in [0.2, 0.25) is 5.02 Å². The van der Waals surface area contributed by atoms with E-state index < -0.39 is 10.0 Å². The Hall–Kier alpha value is -2.04. The van der Waals surface area contributed by atoms with Gasteiger partial charge in [-0.3, -0.25) is 0 Å². The van der Waals surface area contributed by atoms with Crippen molar-refractivity contribution in [2.24, 2.45) is 5.92 Å². The SMILES string of the molecule is CCC1C(C)C=CN1c1nc(N)nc(NS(=O)(=O)c2cc(C)c(Cl)cc2S)n1. The number of benzene rings is 1. The molecule has 0 amide bonds.